The van der Waals surface area contributed by atoms with Crippen molar-refractivity contribution >= 4 is 51.5 Å². The van der Waals surface area contributed by atoms with Crippen molar-refractivity contribution < 1.29 is 39.3 Å². The van der Waals surface area contributed by atoms with E-state index < -0.39 is 66.4 Å². The van der Waals surface area contributed by atoms with Crippen LogP contribution in [-0.2, 0) is 36.8 Å². The summed E-state index contributed by atoms with van der Waals surface area (Å²) in [6.07, 6.45) is 0.969. The van der Waals surface area contributed by atoms with E-state index in [1.165, 1.54) is 6.92 Å². The van der Waals surface area contributed by atoms with Crippen molar-refractivity contribution in [3.63, 3.8) is 0 Å². The van der Waals surface area contributed by atoms with Gasteiger partial charge in [0.25, 0.3) is 0 Å². The summed E-state index contributed by atoms with van der Waals surface area (Å²) < 4.78 is 0. The lowest BCUT2D eigenvalue weighted by Crippen LogP contribution is -2.60. The van der Waals surface area contributed by atoms with Gasteiger partial charge in [0.2, 0.25) is 17.7 Å². The molecule has 14 nitrogen and oxygen atoms in total. The fourth-order valence-corrected chi connectivity index (χ4v) is 4.93. The number of nitrogens with one attached hydrogen (secondary N) is 5. The van der Waals surface area contributed by atoms with Crippen molar-refractivity contribution in [2.24, 2.45) is 5.73 Å². The molecule has 5 atom stereocenters. The van der Waals surface area contributed by atoms with Gasteiger partial charge >= 0.3 is 11.9 Å². The molecule has 4 rings (SSSR count). The Labute approximate surface area is 251 Å². The molecule has 0 aliphatic carbocycles. The number of nitrogens with two attached hydrogens (primary N) is 1. The Morgan fingerprint density at radius 1 is 0.750 bits per heavy atom. The molecule has 0 aliphatic rings. The van der Waals surface area contributed by atoms with Gasteiger partial charge in [0.05, 0.1) is 18.6 Å². The Morgan fingerprint density at radius 2 is 1.27 bits per heavy atom. The molecule has 10 N–H and O–H groups in total. The van der Waals surface area contributed by atoms with Crippen LogP contribution in [0.3, 0.4) is 0 Å². The summed E-state index contributed by atoms with van der Waals surface area (Å²) in [6, 6.07) is 8.71. The van der Waals surface area contributed by atoms with Gasteiger partial charge in [-0.05, 0) is 36.6 Å². The standard InChI is InChI=1S/C30H34N6O8/c1-15(37)26(36-27(40)20(31)10-16-13-32-21-8-4-2-6-18(16)21)29(42)34-23(12-25(38)39)28(41)35-24(30(43)44)11-17-14-33-22-9-5-3-7-19(17)22/h2-9,13-15,20,23-24,26,32-33,37H,10-12,31H2,1H3,(H,34,42)(H,35,41)(H,36,40)(H,38,39)(H,43,44). The molecule has 232 valence electrons. The highest BCUT2D eigenvalue weighted by Crippen LogP contribution is 2.20. The van der Waals surface area contributed by atoms with E-state index in [0.29, 0.717) is 5.56 Å². The second kappa shape index (κ2) is 13.8. The van der Waals surface area contributed by atoms with E-state index in [2.05, 4.69) is 25.9 Å². The minimum Gasteiger partial charge on any atom is -0.481 e. The van der Waals surface area contributed by atoms with Gasteiger partial charge in [0.15, 0.2) is 0 Å². The first-order chi connectivity index (χ1) is 20.9. The van der Waals surface area contributed by atoms with Crippen LogP contribution >= 0.6 is 0 Å². The Morgan fingerprint density at radius 3 is 1.80 bits per heavy atom. The molecular formula is C30H34N6O8. The first kappa shape index (κ1) is 31.7. The number of aliphatic hydroxyl groups excluding tert-OH is 1. The van der Waals surface area contributed by atoms with Crippen LogP contribution in [0.25, 0.3) is 21.8 Å². The lowest BCUT2D eigenvalue weighted by Gasteiger charge is -2.26. The van der Waals surface area contributed by atoms with Gasteiger partial charge < -0.3 is 47.0 Å². The number of carboxylic acids is 2. The molecule has 0 aliphatic heterocycles. The third-order valence-corrected chi connectivity index (χ3v) is 7.24. The molecule has 2 aromatic heterocycles. The number of aliphatic hydroxyl groups is 1. The van der Waals surface area contributed by atoms with Gasteiger partial charge in [-0.2, -0.15) is 0 Å². The van der Waals surface area contributed by atoms with Crippen molar-refractivity contribution in [1.29, 1.82) is 0 Å². The Kier molecular flexibility index (Phi) is 9.98. The van der Waals surface area contributed by atoms with Crippen molar-refractivity contribution in [3.8, 4) is 0 Å². The van der Waals surface area contributed by atoms with Crippen LogP contribution in [0.15, 0.2) is 60.9 Å². The SMILES string of the molecule is CC(O)C(NC(=O)C(N)Cc1c[nH]c2ccccc12)C(=O)NC(CC(=O)O)C(=O)NC(Cc1c[nH]c2ccccc12)C(=O)O. The molecule has 2 heterocycles. The highest BCUT2D eigenvalue weighted by atomic mass is 16.4. The average Bonchev–Trinajstić information content (AvgIpc) is 3.58. The van der Waals surface area contributed by atoms with Crippen LogP contribution in [0, 0.1) is 0 Å². The summed E-state index contributed by atoms with van der Waals surface area (Å²) in [5.74, 6) is -5.72. The molecule has 0 radical (unpaired) electrons. The van der Waals surface area contributed by atoms with Crippen molar-refractivity contribution in [3.05, 3.63) is 72.1 Å². The third kappa shape index (κ3) is 7.59. The predicted octanol–water partition coefficient (Wildman–Crippen LogP) is 0.156. The molecule has 0 spiro atoms. The summed E-state index contributed by atoms with van der Waals surface area (Å²) in [6.45, 7) is 1.23. The Balaban J connectivity index is 1.43. The van der Waals surface area contributed by atoms with E-state index in [0.717, 1.165) is 27.4 Å². The normalized spacial score (nSPS) is 14.7. The molecule has 0 saturated heterocycles. The monoisotopic (exact) mass is 606 g/mol. The lowest BCUT2D eigenvalue weighted by molar-refractivity contribution is -0.143. The number of benzene rings is 2. The fourth-order valence-electron chi connectivity index (χ4n) is 4.93. The lowest BCUT2D eigenvalue weighted by atomic mass is 10.0. The maximum absolute atomic E-state index is 13.1. The summed E-state index contributed by atoms with van der Waals surface area (Å²) >= 11 is 0. The van der Waals surface area contributed by atoms with Gasteiger partial charge in [0.1, 0.15) is 18.1 Å². The van der Waals surface area contributed by atoms with E-state index in [-0.39, 0.29) is 12.8 Å². The Bertz CT molecular complexity index is 1680. The van der Waals surface area contributed by atoms with Crippen LogP contribution < -0.4 is 21.7 Å². The van der Waals surface area contributed by atoms with Crippen molar-refractivity contribution in [2.75, 3.05) is 0 Å². The number of para-hydroxylation sites is 2. The van der Waals surface area contributed by atoms with E-state index in [1.807, 2.05) is 24.3 Å². The number of H-pyrrole nitrogens is 2. The van der Waals surface area contributed by atoms with Gasteiger partial charge in [-0.15, -0.1) is 0 Å². The van der Waals surface area contributed by atoms with E-state index in [4.69, 9.17) is 5.73 Å². The number of carboxylic acid groups (broad SMARTS) is 2. The topological polar surface area (TPSA) is 240 Å². The van der Waals surface area contributed by atoms with Gasteiger partial charge in [0, 0.05) is 40.6 Å². The average molecular weight is 607 g/mol. The quantitative estimate of drug-likeness (QED) is 0.0948. The maximum Gasteiger partial charge on any atom is 0.326 e. The van der Waals surface area contributed by atoms with Crippen molar-refractivity contribution in [1.82, 2.24) is 25.9 Å². The largest absolute Gasteiger partial charge is 0.481 e. The predicted molar refractivity (Wildman–Crippen MR) is 159 cm³/mol. The zero-order valence-electron chi connectivity index (χ0n) is 23.7. The second-order valence-corrected chi connectivity index (χ2v) is 10.5. The first-order valence-electron chi connectivity index (χ1n) is 13.8. The minimum absolute atomic E-state index is 0.112. The molecule has 0 fully saturated rings. The number of aromatic nitrogens is 2. The van der Waals surface area contributed by atoms with Crippen LogP contribution in [0.2, 0.25) is 0 Å². The molecule has 3 amide bonds. The first-order valence-corrected chi connectivity index (χ1v) is 13.8. The highest BCUT2D eigenvalue weighted by Gasteiger charge is 2.34. The third-order valence-electron chi connectivity index (χ3n) is 7.24. The minimum atomic E-state index is -1.72. The number of carbonyl (C=O) groups excluding carboxylic acids is 3. The summed E-state index contributed by atoms with van der Waals surface area (Å²) in [5.41, 5.74) is 9.08. The molecule has 14 heteroatoms. The zero-order valence-corrected chi connectivity index (χ0v) is 23.7. The van der Waals surface area contributed by atoms with Gasteiger partial charge in [-0.3, -0.25) is 19.2 Å². The molecule has 4 aromatic rings. The van der Waals surface area contributed by atoms with Crippen LogP contribution in [-0.4, -0.2) is 85.2 Å². The second-order valence-electron chi connectivity index (χ2n) is 10.5. The zero-order chi connectivity index (χ0) is 32.0. The summed E-state index contributed by atoms with van der Waals surface area (Å²) in [4.78, 5) is 68.8. The van der Waals surface area contributed by atoms with Crippen LogP contribution in [0.4, 0.5) is 0 Å². The van der Waals surface area contributed by atoms with E-state index in [9.17, 15) is 39.3 Å². The number of aliphatic carboxylic acids is 2. The number of amides is 3. The summed E-state index contributed by atoms with van der Waals surface area (Å²) in [7, 11) is 0. The molecule has 0 bridgehead atoms. The number of aromatic amines is 2. The van der Waals surface area contributed by atoms with Gasteiger partial charge in [-0.1, -0.05) is 36.4 Å². The van der Waals surface area contributed by atoms with Crippen molar-refractivity contribution in [2.45, 2.75) is 56.5 Å². The van der Waals surface area contributed by atoms with Gasteiger partial charge in [-0.25, -0.2) is 4.79 Å². The Hall–Kier alpha value is -5.21. The molecular weight excluding hydrogens is 572 g/mol. The van der Waals surface area contributed by atoms with Crippen LogP contribution in [0.1, 0.15) is 24.5 Å². The molecule has 2 aromatic carbocycles. The number of fused-ring (bicyclic) bond motifs is 2. The fraction of sp³-hybridized carbons (Fsp3) is 0.300. The van der Waals surface area contributed by atoms with E-state index >= 15 is 0 Å². The van der Waals surface area contributed by atoms with Crippen LogP contribution in [0.5, 0.6) is 0 Å². The highest BCUT2D eigenvalue weighted by molar-refractivity contribution is 5.96. The summed E-state index contributed by atoms with van der Waals surface area (Å²) in [5, 5.41) is 37.9. The van der Waals surface area contributed by atoms with E-state index in [1.54, 1.807) is 36.7 Å². The maximum atomic E-state index is 13.1. The number of hydrogen-bond acceptors (Lipinski definition) is 7. The molecule has 0 saturated carbocycles. The smallest absolute Gasteiger partial charge is 0.326 e. The molecule has 5 unspecified atom stereocenters. The number of carbonyl (C=O) groups is 5. The molecule has 44 heavy (non-hydrogen) atoms. The number of rotatable bonds is 14. The number of hydrogen-bond donors (Lipinski definition) is 9.